The fourth-order valence-corrected chi connectivity index (χ4v) is 5.40. The largest absolute Gasteiger partial charge is 0.494 e. The number of hydrogen-bond acceptors (Lipinski definition) is 5. The Bertz CT molecular complexity index is 1130. The van der Waals surface area contributed by atoms with E-state index in [0.29, 0.717) is 35.1 Å². The summed E-state index contributed by atoms with van der Waals surface area (Å²) in [6, 6.07) is 13.0. The Morgan fingerprint density at radius 3 is 2.66 bits per heavy atom. The quantitative estimate of drug-likeness (QED) is 0.495. The summed E-state index contributed by atoms with van der Waals surface area (Å²) >= 11 is 0. The Balaban J connectivity index is 1.20. The van der Waals surface area contributed by atoms with Crippen molar-refractivity contribution in [2.45, 2.75) is 24.2 Å². The molecule has 1 N–H and O–H groups in total. The molecule has 0 aliphatic carbocycles. The highest BCUT2D eigenvalue weighted by Gasteiger charge is 2.22. The third-order valence-electron chi connectivity index (χ3n) is 5.90. The Morgan fingerprint density at radius 1 is 1.09 bits per heavy atom. The summed E-state index contributed by atoms with van der Waals surface area (Å²) in [6.45, 7) is 3.87. The molecule has 3 aromatic rings. The summed E-state index contributed by atoms with van der Waals surface area (Å²) in [5, 5.41) is 1.50. The monoisotopic (exact) mass is 457 g/mol. The molecule has 1 fully saturated rings. The van der Waals surface area contributed by atoms with E-state index >= 15 is 0 Å². The summed E-state index contributed by atoms with van der Waals surface area (Å²) in [6.07, 6.45) is 6.10. The van der Waals surface area contributed by atoms with Crippen LogP contribution in [0.2, 0.25) is 0 Å². The van der Waals surface area contributed by atoms with Gasteiger partial charge in [-0.05, 0) is 74.7 Å². The molecule has 2 heterocycles. The van der Waals surface area contributed by atoms with Crippen molar-refractivity contribution in [1.82, 2.24) is 14.6 Å². The van der Waals surface area contributed by atoms with Crippen LogP contribution in [0.1, 0.15) is 19.3 Å². The van der Waals surface area contributed by atoms with Gasteiger partial charge in [-0.25, -0.2) is 17.5 Å². The first-order chi connectivity index (χ1) is 15.5. The second-order valence-electron chi connectivity index (χ2n) is 8.15. The number of ether oxygens (including phenoxy) is 1. The summed E-state index contributed by atoms with van der Waals surface area (Å²) in [5.41, 5.74) is 0. The molecule has 4 rings (SSSR count). The van der Waals surface area contributed by atoms with Gasteiger partial charge in [-0.2, -0.15) is 0 Å². The number of fused-ring (bicyclic) bond motifs is 1. The molecule has 0 spiro atoms. The molecule has 1 aromatic heterocycles. The number of pyridine rings is 1. The van der Waals surface area contributed by atoms with Crippen LogP contribution >= 0.6 is 0 Å². The smallest absolute Gasteiger partial charge is 0.241 e. The molecule has 8 heteroatoms. The van der Waals surface area contributed by atoms with E-state index in [9.17, 15) is 12.8 Å². The number of aromatic nitrogens is 1. The number of nitrogens with zero attached hydrogens (tertiary/aromatic N) is 2. The van der Waals surface area contributed by atoms with Gasteiger partial charge in [-0.3, -0.25) is 4.98 Å². The maximum Gasteiger partial charge on any atom is 0.241 e. The van der Waals surface area contributed by atoms with E-state index in [2.05, 4.69) is 14.6 Å². The van der Waals surface area contributed by atoms with Crippen molar-refractivity contribution < 1.29 is 17.5 Å². The van der Waals surface area contributed by atoms with Crippen molar-refractivity contribution in [3.05, 3.63) is 66.7 Å². The maximum absolute atomic E-state index is 12.9. The zero-order chi connectivity index (χ0) is 22.4. The van der Waals surface area contributed by atoms with Gasteiger partial charge in [-0.15, -0.1) is 0 Å². The van der Waals surface area contributed by atoms with Crippen LogP contribution in [-0.2, 0) is 10.0 Å². The van der Waals surface area contributed by atoms with Gasteiger partial charge >= 0.3 is 0 Å². The van der Waals surface area contributed by atoms with E-state index in [1.807, 2.05) is 6.07 Å². The van der Waals surface area contributed by atoms with Gasteiger partial charge in [0.2, 0.25) is 10.0 Å². The van der Waals surface area contributed by atoms with Gasteiger partial charge in [-0.1, -0.05) is 12.1 Å². The number of rotatable bonds is 9. The lowest BCUT2D eigenvalue weighted by Gasteiger charge is -2.32. The van der Waals surface area contributed by atoms with Crippen LogP contribution in [0.15, 0.2) is 65.8 Å². The fourth-order valence-electron chi connectivity index (χ4n) is 4.06. The Hall–Kier alpha value is -2.55. The van der Waals surface area contributed by atoms with E-state index in [4.69, 9.17) is 4.74 Å². The van der Waals surface area contributed by atoms with Crippen LogP contribution in [0.4, 0.5) is 4.39 Å². The number of halogens is 1. The molecule has 1 aliphatic heterocycles. The van der Waals surface area contributed by atoms with Gasteiger partial charge in [0.05, 0.1) is 11.5 Å². The molecule has 6 nitrogen and oxygen atoms in total. The Morgan fingerprint density at radius 2 is 1.88 bits per heavy atom. The van der Waals surface area contributed by atoms with Gasteiger partial charge in [0.1, 0.15) is 11.6 Å². The van der Waals surface area contributed by atoms with Crippen molar-refractivity contribution in [3.8, 4) is 5.75 Å². The number of hydrogen-bond donors (Lipinski definition) is 1. The molecule has 1 saturated heterocycles. The topological polar surface area (TPSA) is 71.5 Å². The third-order valence-corrected chi connectivity index (χ3v) is 7.38. The minimum Gasteiger partial charge on any atom is -0.494 e. The number of nitrogens with one attached hydrogen (secondary N) is 1. The van der Waals surface area contributed by atoms with Gasteiger partial charge in [0.15, 0.2) is 0 Å². The summed E-state index contributed by atoms with van der Waals surface area (Å²) in [7, 11) is -3.58. The van der Waals surface area contributed by atoms with Gasteiger partial charge < -0.3 is 9.64 Å². The van der Waals surface area contributed by atoms with Crippen molar-refractivity contribution in [3.63, 3.8) is 0 Å². The minimum atomic E-state index is -3.58. The first kappa shape index (κ1) is 22.6. The molecule has 1 aliphatic rings. The summed E-state index contributed by atoms with van der Waals surface area (Å²) in [5.74, 6) is 0.741. The number of sulfonamides is 1. The van der Waals surface area contributed by atoms with Crippen molar-refractivity contribution in [1.29, 1.82) is 0 Å². The highest BCUT2D eigenvalue weighted by atomic mass is 32.2. The van der Waals surface area contributed by atoms with Crippen LogP contribution < -0.4 is 9.46 Å². The average molecular weight is 458 g/mol. The highest BCUT2D eigenvalue weighted by Crippen LogP contribution is 2.23. The van der Waals surface area contributed by atoms with Gasteiger partial charge in [0, 0.05) is 36.3 Å². The second kappa shape index (κ2) is 10.4. The Labute approximate surface area is 188 Å². The second-order valence-corrected chi connectivity index (χ2v) is 9.88. The molecular formula is C24H28FN3O3S. The SMILES string of the molecule is O=S(=O)(NCC1CCN(CCCOc2ccc(F)cc2)CC1)c1cccc2cnccc12. The fraction of sp³-hybridized carbons (Fsp3) is 0.375. The minimum absolute atomic E-state index is 0.267. The van der Waals surface area contributed by atoms with Crippen LogP contribution in [0, 0.1) is 11.7 Å². The molecule has 170 valence electrons. The summed E-state index contributed by atoms with van der Waals surface area (Å²) < 4.78 is 47.1. The number of piperidine rings is 1. The van der Waals surface area contributed by atoms with Gasteiger partial charge in [0.25, 0.3) is 0 Å². The van der Waals surface area contributed by atoms with Crippen LogP contribution in [0.5, 0.6) is 5.75 Å². The number of benzene rings is 2. The molecule has 0 atom stereocenters. The maximum atomic E-state index is 12.9. The van der Waals surface area contributed by atoms with Crippen LogP contribution in [0.3, 0.4) is 0 Å². The Kier molecular flexibility index (Phi) is 7.34. The molecule has 0 unspecified atom stereocenters. The molecule has 0 bridgehead atoms. The van der Waals surface area contributed by atoms with Crippen molar-refractivity contribution in [2.75, 3.05) is 32.8 Å². The lowest BCUT2D eigenvalue weighted by molar-refractivity contribution is 0.172. The molecule has 2 aromatic carbocycles. The van der Waals surface area contributed by atoms with E-state index in [1.165, 1.54) is 12.1 Å². The highest BCUT2D eigenvalue weighted by molar-refractivity contribution is 7.89. The number of likely N-dealkylation sites (tertiary alicyclic amines) is 1. The normalized spacial score (nSPS) is 15.8. The molecule has 0 saturated carbocycles. The standard InChI is InChI=1S/C24H28FN3O3S/c25-21-5-7-22(8-6-21)31-16-2-13-28-14-10-19(11-15-28)17-27-32(29,30)24-4-1-3-20-18-26-12-9-23(20)24/h1,3-9,12,18-19,27H,2,10-11,13-17H2. The van der Waals surface area contributed by atoms with E-state index in [-0.39, 0.29) is 5.82 Å². The first-order valence-electron chi connectivity index (χ1n) is 10.9. The van der Waals surface area contributed by atoms with Crippen molar-refractivity contribution in [2.24, 2.45) is 5.92 Å². The molecular weight excluding hydrogens is 429 g/mol. The first-order valence-corrected chi connectivity index (χ1v) is 12.4. The summed E-state index contributed by atoms with van der Waals surface area (Å²) in [4.78, 5) is 6.75. The predicted molar refractivity (Wildman–Crippen MR) is 123 cm³/mol. The zero-order valence-corrected chi connectivity index (χ0v) is 18.7. The lowest BCUT2D eigenvalue weighted by Crippen LogP contribution is -2.39. The van der Waals surface area contributed by atoms with E-state index < -0.39 is 10.0 Å². The van der Waals surface area contributed by atoms with Crippen LogP contribution in [-0.4, -0.2) is 51.1 Å². The molecule has 0 radical (unpaired) electrons. The van der Waals surface area contributed by atoms with Crippen LogP contribution in [0.25, 0.3) is 10.8 Å². The van der Waals surface area contributed by atoms with Crippen molar-refractivity contribution >= 4 is 20.8 Å². The average Bonchev–Trinajstić information content (AvgIpc) is 2.82. The lowest BCUT2D eigenvalue weighted by atomic mass is 9.97. The predicted octanol–water partition coefficient (Wildman–Crippen LogP) is 3.83. The zero-order valence-electron chi connectivity index (χ0n) is 17.9. The van der Waals surface area contributed by atoms with E-state index in [1.54, 1.807) is 42.7 Å². The molecule has 0 amide bonds. The molecule has 32 heavy (non-hydrogen) atoms. The third kappa shape index (κ3) is 5.82. The van der Waals surface area contributed by atoms with E-state index in [0.717, 1.165) is 44.3 Å².